The average molecular weight is 263 g/mol. The third-order valence-electron chi connectivity index (χ3n) is 0.491. The molecule has 7 heteroatoms. The van der Waals surface area contributed by atoms with Crippen LogP contribution < -0.4 is 0 Å². The van der Waals surface area contributed by atoms with Crippen LogP contribution >= 0.6 is 23.2 Å². The van der Waals surface area contributed by atoms with Crippen LogP contribution in [0.25, 0.3) is 0 Å². The molecule has 0 aromatic heterocycles. The van der Waals surface area contributed by atoms with E-state index in [1.165, 1.54) is 0 Å². The molecule has 0 unspecified atom stereocenters. The Morgan fingerprint density at radius 2 is 1.55 bits per heavy atom. The van der Waals surface area contributed by atoms with Crippen molar-refractivity contribution in [3.63, 3.8) is 0 Å². The van der Waals surface area contributed by atoms with Crippen molar-refractivity contribution in [2.75, 3.05) is 0 Å². The van der Waals surface area contributed by atoms with Gasteiger partial charge in [-0.15, -0.1) is 0 Å². The van der Waals surface area contributed by atoms with Crippen LogP contribution in [0, 0.1) is 0 Å². The summed E-state index contributed by atoms with van der Waals surface area (Å²) in [5, 5.41) is 0. The molecule has 0 fully saturated rings. The van der Waals surface area contributed by atoms with Gasteiger partial charge in [-0.25, -0.2) is 0 Å². The van der Waals surface area contributed by atoms with Gasteiger partial charge in [-0.1, -0.05) is 0 Å². The number of halogens is 2. The summed E-state index contributed by atoms with van der Waals surface area (Å²) in [6.45, 7) is 0. The monoisotopic (exact) mass is 262 g/mol. The molecule has 0 aliphatic rings. The van der Waals surface area contributed by atoms with Gasteiger partial charge in [0.25, 0.3) is 0 Å². The van der Waals surface area contributed by atoms with E-state index in [4.69, 9.17) is 27.3 Å². The number of rotatable bonds is 4. The fourth-order valence-electron chi connectivity index (χ4n) is 0.225. The maximum absolute atomic E-state index is 10.7. The van der Waals surface area contributed by atoms with Gasteiger partial charge in [-0.05, 0) is 0 Å². The van der Waals surface area contributed by atoms with Crippen LogP contribution in [0.5, 0.6) is 0 Å². The molecule has 0 aromatic rings. The second kappa shape index (κ2) is 5.61. The van der Waals surface area contributed by atoms with E-state index in [-0.39, 0.29) is 0 Å². The Hall–Kier alpha value is -0.0216. The van der Waals surface area contributed by atoms with Crippen molar-refractivity contribution >= 4 is 37.7 Å². The molecule has 0 radical (unpaired) electrons. The zero-order valence-corrected chi connectivity index (χ0v) is 8.57. The predicted molar refractivity (Wildman–Crippen MR) is 40.8 cm³/mol. The first-order chi connectivity index (χ1) is 5.12. The van der Waals surface area contributed by atoms with E-state index in [0.29, 0.717) is 0 Å². The van der Waals surface area contributed by atoms with E-state index in [1.54, 1.807) is 0 Å². The molecule has 0 bridgehead atoms. The summed E-state index contributed by atoms with van der Waals surface area (Å²) in [7, 11) is 0. The van der Waals surface area contributed by atoms with Crippen molar-refractivity contribution in [3.8, 4) is 0 Å². The van der Waals surface area contributed by atoms with Gasteiger partial charge >= 0.3 is 76.6 Å². The number of hydrogen-bond donors (Lipinski definition) is 1. The molecule has 4 nitrogen and oxygen atoms in total. The SMILES string of the molecule is O=[As](O)(OC=CCl)OC=CCl. The molecule has 0 saturated carbocycles. The van der Waals surface area contributed by atoms with Crippen LogP contribution in [0.2, 0.25) is 0 Å². The van der Waals surface area contributed by atoms with Crippen molar-refractivity contribution in [2.45, 2.75) is 0 Å². The minimum atomic E-state index is -4.66. The maximum atomic E-state index is 10.7. The molecule has 0 spiro atoms. The van der Waals surface area contributed by atoms with Crippen LogP contribution in [0.4, 0.5) is 0 Å². The van der Waals surface area contributed by atoms with Gasteiger partial charge in [-0.3, -0.25) is 0 Å². The Morgan fingerprint density at radius 1 is 1.18 bits per heavy atom. The Balaban J connectivity index is 3.90. The van der Waals surface area contributed by atoms with Gasteiger partial charge in [-0.2, -0.15) is 0 Å². The van der Waals surface area contributed by atoms with E-state index >= 15 is 0 Å². The predicted octanol–water partition coefficient (Wildman–Crippen LogP) is 1.30. The van der Waals surface area contributed by atoms with Crippen molar-refractivity contribution < 1.29 is 15.3 Å². The molecule has 0 aliphatic heterocycles. The Bertz CT molecular complexity index is 184. The summed E-state index contributed by atoms with van der Waals surface area (Å²) in [6.07, 6.45) is 1.70. The average Bonchev–Trinajstić information content (AvgIpc) is 1.97. The van der Waals surface area contributed by atoms with Gasteiger partial charge in [0.15, 0.2) is 0 Å². The Morgan fingerprint density at radius 3 is 1.82 bits per heavy atom. The van der Waals surface area contributed by atoms with Crippen molar-refractivity contribution in [1.29, 1.82) is 0 Å². The molecule has 11 heavy (non-hydrogen) atoms. The van der Waals surface area contributed by atoms with Crippen LogP contribution in [-0.2, 0) is 11.2 Å². The zero-order chi connectivity index (χ0) is 8.74. The normalized spacial score (nSPS) is 17.0. The van der Waals surface area contributed by atoms with Gasteiger partial charge in [0, 0.05) is 0 Å². The summed E-state index contributed by atoms with van der Waals surface area (Å²) in [5.41, 5.74) is 1.88. The molecule has 1 N–H and O–H groups in total. The van der Waals surface area contributed by atoms with E-state index in [9.17, 15) is 3.74 Å². The fourth-order valence-corrected chi connectivity index (χ4v) is 1.65. The Labute approximate surface area is 76.7 Å². The summed E-state index contributed by atoms with van der Waals surface area (Å²) >= 11 is 5.37. The Kier molecular flexibility index (Phi) is 5.60. The standard InChI is InChI=1S/C4H5AsCl2O4/c6-1-3-10-5(8,9)11-4-2-7/h1-4H,(H,8,9). The summed E-state index contributed by atoms with van der Waals surface area (Å²) in [4.78, 5) is 0. The summed E-state index contributed by atoms with van der Waals surface area (Å²) in [6, 6.07) is 0. The third-order valence-corrected chi connectivity index (χ3v) is 2.33. The molecular formula is C4H5AsCl2O4. The topological polar surface area (TPSA) is 55.8 Å². The van der Waals surface area contributed by atoms with Gasteiger partial charge in [0.1, 0.15) is 0 Å². The van der Waals surface area contributed by atoms with Gasteiger partial charge in [0.05, 0.1) is 0 Å². The summed E-state index contributed by atoms with van der Waals surface area (Å²) < 4.78 is 27.8. The second-order valence-electron chi connectivity index (χ2n) is 1.20. The van der Waals surface area contributed by atoms with E-state index in [1.807, 2.05) is 0 Å². The fraction of sp³-hybridized carbons (Fsp3) is 0. The van der Waals surface area contributed by atoms with Crippen LogP contribution in [0.3, 0.4) is 0 Å². The molecule has 0 atom stereocenters. The molecule has 0 aromatic carbocycles. The van der Waals surface area contributed by atoms with E-state index in [2.05, 4.69) is 7.45 Å². The van der Waals surface area contributed by atoms with Gasteiger partial charge < -0.3 is 0 Å². The molecule has 64 valence electrons. The van der Waals surface area contributed by atoms with Crippen molar-refractivity contribution in [1.82, 2.24) is 0 Å². The molecule has 0 saturated heterocycles. The van der Waals surface area contributed by atoms with Gasteiger partial charge in [0.2, 0.25) is 0 Å². The molecule has 0 heterocycles. The molecule has 0 amide bonds. The second-order valence-corrected chi connectivity index (χ2v) is 4.56. The summed E-state index contributed by atoms with van der Waals surface area (Å²) in [5.74, 6) is 0. The third kappa shape index (κ3) is 6.38. The molecular weight excluding hydrogens is 258 g/mol. The minimum absolute atomic E-state index is 0.851. The quantitative estimate of drug-likeness (QED) is 0.613. The first kappa shape index (κ1) is 11.0. The van der Waals surface area contributed by atoms with E-state index in [0.717, 1.165) is 23.6 Å². The molecule has 0 rings (SSSR count). The van der Waals surface area contributed by atoms with Crippen LogP contribution in [0.1, 0.15) is 0 Å². The van der Waals surface area contributed by atoms with Crippen LogP contribution in [-0.4, -0.2) is 18.6 Å². The first-order valence-electron chi connectivity index (χ1n) is 2.32. The van der Waals surface area contributed by atoms with Crippen LogP contribution in [0.15, 0.2) is 23.6 Å². The molecule has 0 aliphatic carbocycles. The van der Waals surface area contributed by atoms with E-state index < -0.39 is 14.5 Å². The zero-order valence-electron chi connectivity index (χ0n) is 5.18. The van der Waals surface area contributed by atoms with Crippen molar-refractivity contribution in [3.05, 3.63) is 23.6 Å². The number of hydrogen-bond acceptors (Lipinski definition) is 3. The first-order valence-corrected chi connectivity index (χ1v) is 6.33. The van der Waals surface area contributed by atoms with Crippen molar-refractivity contribution in [2.24, 2.45) is 0 Å².